The van der Waals surface area contributed by atoms with E-state index in [9.17, 15) is 4.39 Å². The Morgan fingerprint density at radius 1 is 1.21 bits per heavy atom. The zero-order chi connectivity index (χ0) is 13.8. The Kier molecular flexibility index (Phi) is 4.83. The first-order valence-corrected chi connectivity index (χ1v) is 7.05. The number of hydrogen-bond acceptors (Lipinski definition) is 1. The van der Waals surface area contributed by atoms with Crippen molar-refractivity contribution >= 4 is 27.5 Å². The van der Waals surface area contributed by atoms with Gasteiger partial charge in [-0.15, -0.1) is 11.6 Å². The molecule has 0 radical (unpaired) electrons. The van der Waals surface area contributed by atoms with E-state index < -0.39 is 5.38 Å². The molecule has 100 valence electrons. The molecule has 2 rings (SSSR count). The maximum absolute atomic E-state index is 13.9. The predicted octanol–water partition coefficient (Wildman–Crippen LogP) is 5.12. The molecule has 0 N–H and O–H groups in total. The fraction of sp³-hybridized carbons (Fsp3) is 0.200. The van der Waals surface area contributed by atoms with Gasteiger partial charge in [-0.1, -0.05) is 34.1 Å². The highest BCUT2D eigenvalue weighted by molar-refractivity contribution is 9.10. The van der Waals surface area contributed by atoms with Crippen LogP contribution in [0.3, 0.4) is 0 Å². The Morgan fingerprint density at radius 2 is 1.89 bits per heavy atom. The van der Waals surface area contributed by atoms with Crippen LogP contribution in [0.5, 0.6) is 5.75 Å². The second-order valence-electron chi connectivity index (χ2n) is 4.15. The number of hydrogen-bond donors (Lipinski definition) is 0. The average Bonchev–Trinajstić information content (AvgIpc) is 2.40. The van der Waals surface area contributed by atoms with Gasteiger partial charge in [0, 0.05) is 10.0 Å². The first-order chi connectivity index (χ1) is 9.11. The monoisotopic (exact) mass is 342 g/mol. The van der Waals surface area contributed by atoms with E-state index in [-0.39, 0.29) is 5.82 Å². The lowest BCUT2D eigenvalue weighted by atomic mass is 10.0. The van der Waals surface area contributed by atoms with Gasteiger partial charge in [-0.2, -0.15) is 0 Å². The fourth-order valence-corrected chi connectivity index (χ4v) is 2.58. The van der Waals surface area contributed by atoms with Crippen molar-refractivity contribution in [1.82, 2.24) is 0 Å². The largest absolute Gasteiger partial charge is 0.496 e. The normalized spacial score (nSPS) is 12.2. The topological polar surface area (TPSA) is 9.23 Å². The van der Waals surface area contributed by atoms with Crippen molar-refractivity contribution in [2.24, 2.45) is 0 Å². The maximum atomic E-state index is 13.9. The molecule has 1 unspecified atom stereocenters. The summed E-state index contributed by atoms with van der Waals surface area (Å²) in [6.07, 6.45) is 0.548. The molecular formula is C15H13BrClFO. The summed E-state index contributed by atoms with van der Waals surface area (Å²) < 4.78 is 20.1. The third-order valence-corrected chi connectivity index (χ3v) is 3.78. The molecule has 0 heterocycles. The van der Waals surface area contributed by atoms with E-state index in [4.69, 9.17) is 16.3 Å². The molecule has 0 saturated heterocycles. The highest BCUT2D eigenvalue weighted by Crippen LogP contribution is 2.34. The molecule has 4 heteroatoms. The van der Waals surface area contributed by atoms with Crippen LogP contribution in [0.15, 0.2) is 46.9 Å². The second-order valence-corrected chi connectivity index (χ2v) is 5.60. The van der Waals surface area contributed by atoms with Crippen LogP contribution in [0, 0.1) is 5.82 Å². The highest BCUT2D eigenvalue weighted by atomic mass is 79.9. The van der Waals surface area contributed by atoms with Gasteiger partial charge in [0.15, 0.2) is 0 Å². The third-order valence-electron chi connectivity index (χ3n) is 2.87. The van der Waals surface area contributed by atoms with E-state index in [1.807, 2.05) is 24.3 Å². The molecule has 0 aromatic heterocycles. The Bertz CT molecular complexity index is 557. The number of halogens is 3. The molecule has 2 aromatic carbocycles. The summed E-state index contributed by atoms with van der Waals surface area (Å²) in [7, 11) is 1.52. The molecule has 0 aliphatic heterocycles. The van der Waals surface area contributed by atoms with Crippen molar-refractivity contribution in [3.8, 4) is 5.75 Å². The highest BCUT2D eigenvalue weighted by Gasteiger charge is 2.18. The molecule has 1 nitrogen and oxygen atoms in total. The van der Waals surface area contributed by atoms with Crippen molar-refractivity contribution < 1.29 is 9.13 Å². The fourth-order valence-electron chi connectivity index (χ4n) is 1.93. The van der Waals surface area contributed by atoms with E-state index in [1.54, 1.807) is 12.1 Å². The molecule has 0 aliphatic rings. The van der Waals surface area contributed by atoms with Crippen LogP contribution in [0.2, 0.25) is 0 Å². The minimum Gasteiger partial charge on any atom is -0.496 e. The number of methoxy groups -OCH3 is 1. The van der Waals surface area contributed by atoms with Crippen LogP contribution in [0.25, 0.3) is 0 Å². The average molecular weight is 344 g/mol. The summed E-state index contributed by atoms with van der Waals surface area (Å²) in [5, 5.41) is -0.461. The SMILES string of the molecule is COc1cccc(F)c1C(Cl)Cc1ccc(Br)cc1. The Balaban J connectivity index is 2.24. The molecule has 2 aromatic rings. The summed E-state index contributed by atoms with van der Waals surface area (Å²) in [5.74, 6) is 0.147. The van der Waals surface area contributed by atoms with Gasteiger partial charge in [-0.3, -0.25) is 0 Å². The lowest BCUT2D eigenvalue weighted by molar-refractivity contribution is 0.403. The Hall–Kier alpha value is -1.06. The van der Waals surface area contributed by atoms with E-state index in [0.717, 1.165) is 10.0 Å². The Labute approximate surface area is 125 Å². The zero-order valence-corrected chi connectivity index (χ0v) is 12.7. The van der Waals surface area contributed by atoms with E-state index in [1.165, 1.54) is 13.2 Å². The van der Waals surface area contributed by atoms with Gasteiger partial charge in [0.1, 0.15) is 11.6 Å². The van der Waals surface area contributed by atoms with Crippen LogP contribution in [-0.4, -0.2) is 7.11 Å². The van der Waals surface area contributed by atoms with Gasteiger partial charge >= 0.3 is 0 Å². The van der Waals surface area contributed by atoms with Crippen molar-refractivity contribution in [2.75, 3.05) is 7.11 Å². The molecule has 0 aliphatic carbocycles. The van der Waals surface area contributed by atoms with Gasteiger partial charge < -0.3 is 4.74 Å². The van der Waals surface area contributed by atoms with E-state index in [0.29, 0.717) is 17.7 Å². The van der Waals surface area contributed by atoms with Gasteiger partial charge in [0.25, 0.3) is 0 Å². The quantitative estimate of drug-likeness (QED) is 0.700. The summed E-state index contributed by atoms with van der Waals surface area (Å²) in [4.78, 5) is 0. The summed E-state index contributed by atoms with van der Waals surface area (Å²) in [5.41, 5.74) is 1.46. The number of ether oxygens (including phenoxy) is 1. The summed E-state index contributed by atoms with van der Waals surface area (Å²) in [6.45, 7) is 0. The predicted molar refractivity (Wildman–Crippen MR) is 79.4 cm³/mol. The van der Waals surface area contributed by atoms with Crippen molar-refractivity contribution in [2.45, 2.75) is 11.8 Å². The maximum Gasteiger partial charge on any atom is 0.131 e. The van der Waals surface area contributed by atoms with Gasteiger partial charge in [-0.25, -0.2) is 4.39 Å². The number of rotatable bonds is 4. The minimum atomic E-state index is -0.461. The molecule has 0 amide bonds. The van der Waals surface area contributed by atoms with Gasteiger partial charge in [0.2, 0.25) is 0 Å². The lowest BCUT2D eigenvalue weighted by Crippen LogP contribution is -2.02. The van der Waals surface area contributed by atoms with Crippen LogP contribution in [0.1, 0.15) is 16.5 Å². The zero-order valence-electron chi connectivity index (χ0n) is 10.4. The molecule has 0 bridgehead atoms. The molecule has 1 atom stereocenters. The van der Waals surface area contributed by atoms with Crippen LogP contribution in [0.4, 0.5) is 4.39 Å². The van der Waals surface area contributed by atoms with Crippen LogP contribution >= 0.6 is 27.5 Å². The number of benzene rings is 2. The standard InChI is InChI=1S/C15H13BrClFO/c1-19-14-4-2-3-13(18)15(14)12(17)9-10-5-7-11(16)8-6-10/h2-8,12H,9H2,1H3. The molecule has 0 spiro atoms. The molecular weight excluding hydrogens is 331 g/mol. The molecule has 19 heavy (non-hydrogen) atoms. The van der Waals surface area contributed by atoms with E-state index >= 15 is 0 Å². The third kappa shape index (κ3) is 3.48. The van der Waals surface area contributed by atoms with E-state index in [2.05, 4.69) is 15.9 Å². The second kappa shape index (κ2) is 6.40. The van der Waals surface area contributed by atoms with Crippen molar-refractivity contribution in [3.63, 3.8) is 0 Å². The smallest absolute Gasteiger partial charge is 0.131 e. The summed E-state index contributed by atoms with van der Waals surface area (Å²) >= 11 is 9.72. The van der Waals surface area contributed by atoms with Crippen LogP contribution in [-0.2, 0) is 6.42 Å². The minimum absolute atomic E-state index is 0.337. The first kappa shape index (κ1) is 14.4. The van der Waals surface area contributed by atoms with Crippen molar-refractivity contribution in [1.29, 1.82) is 0 Å². The van der Waals surface area contributed by atoms with Gasteiger partial charge in [-0.05, 0) is 36.2 Å². The molecule has 0 fully saturated rings. The molecule has 0 saturated carbocycles. The Morgan fingerprint density at radius 3 is 2.53 bits per heavy atom. The summed E-state index contributed by atoms with van der Waals surface area (Å²) in [6, 6.07) is 12.5. The van der Waals surface area contributed by atoms with Crippen LogP contribution < -0.4 is 4.74 Å². The lowest BCUT2D eigenvalue weighted by Gasteiger charge is -2.15. The first-order valence-electron chi connectivity index (χ1n) is 5.82. The number of alkyl halides is 1. The van der Waals surface area contributed by atoms with Crippen molar-refractivity contribution in [3.05, 3.63) is 63.9 Å². The van der Waals surface area contributed by atoms with Gasteiger partial charge in [0.05, 0.1) is 12.5 Å².